The number of urea groups is 2. The summed E-state index contributed by atoms with van der Waals surface area (Å²) in [4.78, 5) is 26.0. The summed E-state index contributed by atoms with van der Waals surface area (Å²) in [5, 5.41) is 8.70. The average Bonchev–Trinajstić information content (AvgIpc) is 2.98. The lowest BCUT2D eigenvalue weighted by Gasteiger charge is -2.17. The number of benzene rings is 2. The van der Waals surface area contributed by atoms with Crippen LogP contribution in [0.3, 0.4) is 0 Å². The molecule has 0 aliphatic carbocycles. The van der Waals surface area contributed by atoms with Gasteiger partial charge in [-0.3, -0.25) is 0 Å². The van der Waals surface area contributed by atoms with Crippen molar-refractivity contribution in [3.8, 4) is 0 Å². The number of anilines is 1. The highest BCUT2D eigenvalue weighted by atomic mass is 16.2. The molecule has 1 atom stereocenters. The van der Waals surface area contributed by atoms with Gasteiger partial charge in [0.1, 0.15) is 0 Å². The predicted molar refractivity (Wildman–Crippen MR) is 107 cm³/mol. The van der Waals surface area contributed by atoms with Crippen LogP contribution in [-0.4, -0.2) is 29.5 Å². The molecular formula is C21H26N4O2. The first-order valence-corrected chi connectivity index (χ1v) is 9.20. The maximum Gasteiger partial charge on any atom is 0.319 e. The monoisotopic (exact) mass is 366 g/mol. The standard InChI is InChI=1S/C21H26N4O2/c1-14(2)22-20(26)23-18-10-9-16(11-15(18)3)12-25-13-19(24-21(25)27)17-7-5-4-6-8-17/h4-11,14,19H,12-13H2,1-3H3,(H,24,27)(H2,22,23,26)/t19-/m1/s1. The molecule has 3 rings (SSSR count). The third-order valence-electron chi connectivity index (χ3n) is 4.52. The van der Waals surface area contributed by atoms with Gasteiger partial charge in [-0.05, 0) is 43.5 Å². The van der Waals surface area contributed by atoms with Gasteiger partial charge < -0.3 is 20.9 Å². The number of nitrogens with zero attached hydrogens (tertiary/aromatic N) is 1. The summed E-state index contributed by atoms with van der Waals surface area (Å²) in [5.74, 6) is 0. The normalized spacial score (nSPS) is 16.4. The lowest BCUT2D eigenvalue weighted by Crippen LogP contribution is -2.34. The average molecular weight is 366 g/mol. The minimum absolute atomic E-state index is 0.0143. The van der Waals surface area contributed by atoms with Crippen molar-refractivity contribution >= 4 is 17.7 Å². The Morgan fingerprint density at radius 1 is 1.22 bits per heavy atom. The zero-order valence-electron chi connectivity index (χ0n) is 16.0. The largest absolute Gasteiger partial charge is 0.336 e. The van der Waals surface area contributed by atoms with Crippen LogP contribution >= 0.6 is 0 Å². The summed E-state index contributed by atoms with van der Waals surface area (Å²) < 4.78 is 0. The van der Waals surface area contributed by atoms with Gasteiger partial charge in [0, 0.05) is 24.8 Å². The van der Waals surface area contributed by atoms with E-state index in [9.17, 15) is 9.59 Å². The lowest BCUT2D eigenvalue weighted by molar-refractivity contribution is 0.215. The SMILES string of the molecule is Cc1cc(CN2C[C@H](c3ccccc3)NC2=O)ccc1NC(=O)NC(C)C. The molecule has 2 aromatic carbocycles. The Kier molecular flexibility index (Phi) is 5.64. The summed E-state index contributed by atoms with van der Waals surface area (Å²) in [7, 11) is 0. The molecular weight excluding hydrogens is 340 g/mol. The lowest BCUT2D eigenvalue weighted by atomic mass is 10.1. The molecule has 142 valence electrons. The molecule has 1 heterocycles. The fourth-order valence-electron chi connectivity index (χ4n) is 3.21. The van der Waals surface area contributed by atoms with Crippen LogP contribution in [0.25, 0.3) is 0 Å². The fraction of sp³-hybridized carbons (Fsp3) is 0.333. The Morgan fingerprint density at radius 2 is 1.96 bits per heavy atom. The summed E-state index contributed by atoms with van der Waals surface area (Å²) in [6.07, 6.45) is 0. The van der Waals surface area contributed by atoms with Crippen molar-refractivity contribution in [1.29, 1.82) is 0 Å². The number of carbonyl (C=O) groups excluding carboxylic acids is 2. The van der Waals surface area contributed by atoms with Gasteiger partial charge in [-0.15, -0.1) is 0 Å². The smallest absolute Gasteiger partial charge is 0.319 e. The summed E-state index contributed by atoms with van der Waals surface area (Å²) in [6, 6.07) is 15.6. The molecule has 4 amide bonds. The third kappa shape index (κ3) is 4.78. The second-order valence-corrected chi connectivity index (χ2v) is 7.20. The van der Waals surface area contributed by atoms with Crippen LogP contribution < -0.4 is 16.0 Å². The minimum Gasteiger partial charge on any atom is -0.336 e. The molecule has 0 unspecified atom stereocenters. The number of nitrogens with one attached hydrogen (secondary N) is 3. The molecule has 1 saturated heterocycles. The minimum atomic E-state index is -0.217. The highest BCUT2D eigenvalue weighted by Gasteiger charge is 2.29. The van der Waals surface area contributed by atoms with Crippen LogP contribution in [0.5, 0.6) is 0 Å². The van der Waals surface area contributed by atoms with Gasteiger partial charge in [-0.1, -0.05) is 42.5 Å². The third-order valence-corrected chi connectivity index (χ3v) is 4.52. The van der Waals surface area contributed by atoms with E-state index in [4.69, 9.17) is 0 Å². The van der Waals surface area contributed by atoms with Gasteiger partial charge in [0.15, 0.2) is 0 Å². The Balaban J connectivity index is 1.63. The number of amides is 4. The van der Waals surface area contributed by atoms with Crippen molar-refractivity contribution in [1.82, 2.24) is 15.5 Å². The van der Waals surface area contributed by atoms with Crippen LogP contribution in [0, 0.1) is 6.92 Å². The van der Waals surface area contributed by atoms with Crippen molar-refractivity contribution in [2.45, 2.75) is 39.4 Å². The molecule has 0 aromatic heterocycles. The molecule has 0 bridgehead atoms. The van der Waals surface area contributed by atoms with E-state index in [1.54, 1.807) is 0 Å². The number of hydrogen-bond acceptors (Lipinski definition) is 2. The molecule has 1 fully saturated rings. The van der Waals surface area contributed by atoms with Gasteiger partial charge in [0.05, 0.1) is 6.04 Å². The molecule has 0 radical (unpaired) electrons. The molecule has 0 saturated carbocycles. The quantitative estimate of drug-likeness (QED) is 0.753. The number of rotatable bonds is 5. The van der Waals surface area contributed by atoms with E-state index >= 15 is 0 Å². The molecule has 2 aromatic rings. The molecule has 6 nitrogen and oxygen atoms in total. The zero-order chi connectivity index (χ0) is 19.4. The van der Waals surface area contributed by atoms with Gasteiger partial charge >= 0.3 is 12.1 Å². The second kappa shape index (κ2) is 8.12. The topological polar surface area (TPSA) is 73.5 Å². The highest BCUT2D eigenvalue weighted by Crippen LogP contribution is 2.23. The first-order valence-electron chi connectivity index (χ1n) is 9.20. The van der Waals surface area contributed by atoms with Crippen LogP contribution in [0.15, 0.2) is 48.5 Å². The summed E-state index contributed by atoms with van der Waals surface area (Å²) in [6.45, 7) is 6.96. The fourth-order valence-corrected chi connectivity index (χ4v) is 3.21. The van der Waals surface area contributed by atoms with Crippen LogP contribution in [0.4, 0.5) is 15.3 Å². The van der Waals surface area contributed by atoms with Crippen LogP contribution in [0.1, 0.15) is 36.6 Å². The molecule has 3 N–H and O–H groups in total. The van der Waals surface area contributed by atoms with E-state index in [1.807, 2.05) is 74.2 Å². The van der Waals surface area contributed by atoms with Gasteiger partial charge in [-0.25, -0.2) is 9.59 Å². The first kappa shape index (κ1) is 18.8. The van der Waals surface area contributed by atoms with E-state index in [1.165, 1.54) is 0 Å². The molecule has 27 heavy (non-hydrogen) atoms. The number of carbonyl (C=O) groups is 2. The predicted octanol–water partition coefficient (Wildman–Crippen LogP) is 3.79. The van der Waals surface area contributed by atoms with E-state index in [0.29, 0.717) is 13.1 Å². The number of aryl methyl sites for hydroxylation is 1. The van der Waals surface area contributed by atoms with E-state index < -0.39 is 0 Å². The van der Waals surface area contributed by atoms with Crippen molar-refractivity contribution in [2.24, 2.45) is 0 Å². The van der Waals surface area contributed by atoms with E-state index in [0.717, 1.165) is 22.4 Å². The number of hydrogen-bond donors (Lipinski definition) is 3. The van der Waals surface area contributed by atoms with E-state index in [2.05, 4.69) is 16.0 Å². The first-order chi connectivity index (χ1) is 12.9. The summed E-state index contributed by atoms with van der Waals surface area (Å²) >= 11 is 0. The van der Waals surface area contributed by atoms with Crippen molar-refractivity contribution < 1.29 is 9.59 Å². The Morgan fingerprint density at radius 3 is 2.63 bits per heavy atom. The summed E-state index contributed by atoms with van der Waals surface area (Å²) in [5.41, 5.74) is 3.88. The maximum atomic E-state index is 12.3. The van der Waals surface area contributed by atoms with Crippen LogP contribution in [0.2, 0.25) is 0 Å². The second-order valence-electron chi connectivity index (χ2n) is 7.20. The van der Waals surface area contributed by atoms with Crippen molar-refractivity contribution in [3.05, 3.63) is 65.2 Å². The molecule has 1 aliphatic rings. The van der Waals surface area contributed by atoms with Crippen molar-refractivity contribution in [2.75, 3.05) is 11.9 Å². The molecule has 6 heteroatoms. The Hall–Kier alpha value is -3.02. The zero-order valence-corrected chi connectivity index (χ0v) is 16.0. The Labute approximate surface area is 159 Å². The Bertz CT molecular complexity index is 820. The molecule has 1 aliphatic heterocycles. The van der Waals surface area contributed by atoms with Crippen molar-refractivity contribution in [3.63, 3.8) is 0 Å². The highest BCUT2D eigenvalue weighted by molar-refractivity contribution is 5.90. The van der Waals surface area contributed by atoms with Gasteiger partial charge in [0.25, 0.3) is 0 Å². The van der Waals surface area contributed by atoms with Gasteiger partial charge in [0.2, 0.25) is 0 Å². The maximum absolute atomic E-state index is 12.3. The molecule has 0 spiro atoms. The van der Waals surface area contributed by atoms with Crippen LogP contribution in [-0.2, 0) is 6.54 Å². The van der Waals surface area contributed by atoms with Gasteiger partial charge in [-0.2, -0.15) is 0 Å². The van der Waals surface area contributed by atoms with E-state index in [-0.39, 0.29) is 24.1 Å².